The molecule has 0 saturated carbocycles. The summed E-state index contributed by atoms with van der Waals surface area (Å²) in [7, 11) is 0. The van der Waals surface area contributed by atoms with Crippen LogP contribution in [0.2, 0.25) is 0 Å². The molecule has 0 aromatic heterocycles. The van der Waals surface area contributed by atoms with Gasteiger partial charge in [-0.25, -0.2) is 0 Å². The molecule has 0 aromatic rings. The van der Waals surface area contributed by atoms with Gasteiger partial charge in [-0.15, -0.1) is 0 Å². The zero-order chi connectivity index (χ0) is 18.4. The first-order valence-electron chi connectivity index (χ1n) is 8.67. The fourth-order valence-electron chi connectivity index (χ4n) is 4.03. The van der Waals surface area contributed by atoms with Crippen molar-refractivity contribution in [1.29, 1.82) is 0 Å². The first-order chi connectivity index (χ1) is 11.4. The smallest absolute Gasteiger partial charge is 0.314 e. The van der Waals surface area contributed by atoms with Gasteiger partial charge in [0, 0.05) is 0 Å². The molecule has 142 valence electrons. The first kappa shape index (κ1) is 17.6. The molecule has 0 bridgehead atoms. The van der Waals surface area contributed by atoms with Gasteiger partial charge in [0.25, 0.3) is 0 Å². The zero-order valence-corrected chi connectivity index (χ0v) is 15.3. The minimum absolute atomic E-state index is 0.449. The number of fused-ring (bicyclic) bond motifs is 3. The monoisotopic (exact) mass is 358 g/mol. The van der Waals surface area contributed by atoms with Gasteiger partial charge in [-0.05, 0) is 41.5 Å². The highest BCUT2D eigenvalue weighted by Crippen LogP contribution is 2.47. The van der Waals surface area contributed by atoms with Crippen molar-refractivity contribution in [1.82, 2.24) is 0 Å². The lowest BCUT2D eigenvalue weighted by molar-refractivity contribution is -0.258. The predicted octanol–water partition coefficient (Wildman–Crippen LogP) is 0.695. The topological polar surface area (TPSA) is 92.7 Å². The molecule has 0 amide bonds. The minimum Gasteiger partial charge on any atom is -0.456 e. The SMILES string of the molecule is CC1(C)O[C@@H]2[C@H](O1)[C@H]1OC(C)(C)O[C@H]1O[C@@H]2[C@@H]1OC(=O)C(C)(C)[C@@H]1O. The Hall–Kier alpha value is -0.770. The third kappa shape index (κ3) is 2.62. The molecule has 0 unspecified atom stereocenters. The van der Waals surface area contributed by atoms with Gasteiger partial charge in [0.1, 0.15) is 30.5 Å². The van der Waals surface area contributed by atoms with E-state index in [-0.39, 0.29) is 0 Å². The first-order valence-corrected chi connectivity index (χ1v) is 8.67. The average molecular weight is 358 g/mol. The Balaban J connectivity index is 1.66. The minimum atomic E-state index is -1.02. The molecule has 4 aliphatic heterocycles. The normalized spacial score (nSPS) is 49.6. The van der Waals surface area contributed by atoms with E-state index in [9.17, 15) is 9.90 Å². The van der Waals surface area contributed by atoms with Crippen molar-refractivity contribution in [2.45, 2.75) is 96.0 Å². The number of rotatable bonds is 1. The molecule has 4 fully saturated rings. The second-order valence-corrected chi connectivity index (χ2v) is 8.67. The van der Waals surface area contributed by atoms with E-state index in [1.54, 1.807) is 41.5 Å². The Morgan fingerprint density at radius 2 is 1.28 bits per heavy atom. The number of aliphatic hydroxyl groups excluding tert-OH is 1. The van der Waals surface area contributed by atoms with E-state index < -0.39 is 65.9 Å². The van der Waals surface area contributed by atoms with Crippen LogP contribution in [0, 0.1) is 5.41 Å². The van der Waals surface area contributed by atoms with Crippen molar-refractivity contribution in [3.8, 4) is 0 Å². The molecule has 8 heteroatoms. The van der Waals surface area contributed by atoms with Crippen molar-refractivity contribution >= 4 is 5.97 Å². The van der Waals surface area contributed by atoms with E-state index in [1.165, 1.54) is 0 Å². The van der Waals surface area contributed by atoms with Crippen LogP contribution < -0.4 is 0 Å². The second-order valence-electron chi connectivity index (χ2n) is 8.67. The summed E-state index contributed by atoms with van der Waals surface area (Å²) in [5.74, 6) is -2.13. The predicted molar refractivity (Wildman–Crippen MR) is 82.2 cm³/mol. The van der Waals surface area contributed by atoms with Gasteiger partial charge in [0.15, 0.2) is 24.0 Å². The number of carbonyl (C=O) groups is 1. The van der Waals surface area contributed by atoms with Crippen molar-refractivity contribution in [2.24, 2.45) is 5.41 Å². The highest BCUT2D eigenvalue weighted by molar-refractivity contribution is 5.79. The molecule has 0 radical (unpaired) electrons. The van der Waals surface area contributed by atoms with Crippen LogP contribution in [0.1, 0.15) is 41.5 Å². The van der Waals surface area contributed by atoms with Crippen molar-refractivity contribution in [2.75, 3.05) is 0 Å². The van der Waals surface area contributed by atoms with Gasteiger partial charge in [-0.2, -0.15) is 0 Å². The second kappa shape index (κ2) is 5.15. The summed E-state index contributed by atoms with van der Waals surface area (Å²) in [5.41, 5.74) is -1.01. The maximum atomic E-state index is 12.1. The molecule has 4 saturated heterocycles. The third-order valence-corrected chi connectivity index (χ3v) is 5.33. The Morgan fingerprint density at radius 1 is 0.760 bits per heavy atom. The van der Waals surface area contributed by atoms with Crippen LogP contribution >= 0.6 is 0 Å². The number of hydrogen-bond acceptors (Lipinski definition) is 8. The summed E-state index contributed by atoms with van der Waals surface area (Å²) in [6.07, 6.45) is -4.74. The Bertz CT molecular complexity index is 585. The molecule has 4 rings (SSSR count). The molecule has 7 atom stereocenters. The number of hydrogen-bond donors (Lipinski definition) is 1. The molecular weight excluding hydrogens is 332 g/mol. The molecule has 0 aromatic carbocycles. The fraction of sp³-hybridized carbons (Fsp3) is 0.941. The molecule has 0 aliphatic carbocycles. The molecule has 8 nitrogen and oxygen atoms in total. The molecule has 4 aliphatic rings. The van der Waals surface area contributed by atoms with Crippen LogP contribution in [0.15, 0.2) is 0 Å². The van der Waals surface area contributed by atoms with E-state index in [1.807, 2.05) is 0 Å². The summed E-state index contributed by atoms with van der Waals surface area (Å²) in [4.78, 5) is 12.1. The molecule has 0 spiro atoms. The van der Waals surface area contributed by atoms with Crippen molar-refractivity contribution < 1.29 is 38.3 Å². The Labute approximate surface area is 146 Å². The molecule has 25 heavy (non-hydrogen) atoms. The van der Waals surface area contributed by atoms with Gasteiger partial charge in [0.2, 0.25) is 0 Å². The van der Waals surface area contributed by atoms with Crippen LogP contribution in [0.25, 0.3) is 0 Å². The van der Waals surface area contributed by atoms with Crippen LogP contribution in [-0.2, 0) is 33.2 Å². The average Bonchev–Trinajstić information content (AvgIpc) is 3.02. The lowest BCUT2D eigenvalue weighted by Crippen LogP contribution is -2.60. The summed E-state index contributed by atoms with van der Waals surface area (Å²) in [6, 6.07) is 0. The van der Waals surface area contributed by atoms with Gasteiger partial charge in [-0.1, -0.05) is 0 Å². The quantitative estimate of drug-likeness (QED) is 0.685. The van der Waals surface area contributed by atoms with E-state index in [0.29, 0.717) is 0 Å². The number of cyclic esters (lactones) is 1. The molecular formula is C17H26O8. The summed E-state index contributed by atoms with van der Waals surface area (Å²) in [6.45, 7) is 10.5. The summed E-state index contributed by atoms with van der Waals surface area (Å²) in [5, 5.41) is 10.6. The lowest BCUT2D eigenvalue weighted by atomic mass is 9.83. The highest BCUT2D eigenvalue weighted by atomic mass is 16.9. The van der Waals surface area contributed by atoms with E-state index in [2.05, 4.69) is 0 Å². The van der Waals surface area contributed by atoms with Crippen LogP contribution in [0.3, 0.4) is 0 Å². The van der Waals surface area contributed by atoms with Crippen LogP contribution in [0.5, 0.6) is 0 Å². The summed E-state index contributed by atoms with van der Waals surface area (Å²) >= 11 is 0. The number of esters is 1. The molecule has 4 heterocycles. The van der Waals surface area contributed by atoms with Crippen molar-refractivity contribution in [3.63, 3.8) is 0 Å². The maximum absolute atomic E-state index is 12.1. The summed E-state index contributed by atoms with van der Waals surface area (Å²) < 4.78 is 35.3. The Kier molecular flexibility index (Phi) is 3.63. The number of ether oxygens (including phenoxy) is 6. The largest absolute Gasteiger partial charge is 0.456 e. The zero-order valence-electron chi connectivity index (χ0n) is 15.3. The van der Waals surface area contributed by atoms with Gasteiger partial charge in [0.05, 0.1) is 5.41 Å². The van der Waals surface area contributed by atoms with Gasteiger partial charge in [-0.3, -0.25) is 4.79 Å². The maximum Gasteiger partial charge on any atom is 0.314 e. The Morgan fingerprint density at radius 3 is 1.84 bits per heavy atom. The fourth-order valence-corrected chi connectivity index (χ4v) is 4.03. The highest BCUT2D eigenvalue weighted by Gasteiger charge is 2.65. The van der Waals surface area contributed by atoms with E-state index >= 15 is 0 Å². The van der Waals surface area contributed by atoms with Gasteiger partial charge >= 0.3 is 5.97 Å². The van der Waals surface area contributed by atoms with Crippen LogP contribution in [-0.4, -0.2) is 65.6 Å². The van der Waals surface area contributed by atoms with Crippen molar-refractivity contribution in [3.05, 3.63) is 0 Å². The molecule has 1 N–H and O–H groups in total. The van der Waals surface area contributed by atoms with E-state index in [4.69, 9.17) is 28.4 Å². The standard InChI is InChI=1S/C17H26O8/c1-15(2)12(18)10(21-14(15)19)7-8-9(23-16(3,4)22-8)11-13(20-7)25-17(5,6)24-11/h7-13,18H,1-6H3/t7-,8-,9-,10-,11+,12+,13+/m0/s1. The van der Waals surface area contributed by atoms with Gasteiger partial charge < -0.3 is 33.5 Å². The van der Waals surface area contributed by atoms with E-state index in [0.717, 1.165) is 0 Å². The van der Waals surface area contributed by atoms with Crippen LogP contribution in [0.4, 0.5) is 0 Å². The number of carbonyl (C=O) groups excluding carboxylic acids is 1. The third-order valence-electron chi connectivity index (χ3n) is 5.33. The lowest BCUT2D eigenvalue weighted by Gasteiger charge is -2.40. The number of aliphatic hydroxyl groups is 1.